The average Bonchev–Trinajstić information content (AvgIpc) is 2.79. The summed E-state index contributed by atoms with van der Waals surface area (Å²) < 4.78 is 1.91. The van der Waals surface area contributed by atoms with Crippen LogP contribution < -0.4 is 0 Å². The zero-order chi connectivity index (χ0) is 11.4. The van der Waals surface area contributed by atoms with Crippen molar-refractivity contribution in [1.29, 1.82) is 0 Å². The molecule has 0 aliphatic carbocycles. The summed E-state index contributed by atoms with van der Waals surface area (Å²) in [5.41, 5.74) is 1.86. The van der Waals surface area contributed by atoms with Gasteiger partial charge in [-0.3, -0.25) is 4.79 Å². The quantitative estimate of drug-likeness (QED) is 0.733. The second kappa shape index (κ2) is 4.75. The molecule has 0 saturated carbocycles. The molecule has 0 amide bonds. The first-order valence-corrected chi connectivity index (χ1v) is 5.32. The summed E-state index contributed by atoms with van der Waals surface area (Å²) >= 11 is 0. The lowest BCUT2D eigenvalue weighted by molar-refractivity contribution is 0.0976. The zero-order valence-corrected chi connectivity index (χ0v) is 9.26. The molecule has 0 aliphatic heterocycles. The van der Waals surface area contributed by atoms with Gasteiger partial charge in [0.15, 0.2) is 5.78 Å². The van der Waals surface area contributed by atoms with E-state index in [4.69, 9.17) is 0 Å². The second-order valence-electron chi connectivity index (χ2n) is 3.79. The molecule has 1 aromatic carbocycles. The molecule has 0 aliphatic rings. The first-order chi connectivity index (χ1) is 7.77. The average molecular weight is 214 g/mol. The maximum atomic E-state index is 11.9. The van der Waals surface area contributed by atoms with Crippen molar-refractivity contribution in [3.63, 3.8) is 0 Å². The molecule has 3 nitrogen and oxygen atoms in total. The highest BCUT2D eigenvalue weighted by Gasteiger charge is 2.07. The van der Waals surface area contributed by atoms with Gasteiger partial charge in [-0.25, -0.2) is 4.98 Å². The molecule has 1 heterocycles. The van der Waals surface area contributed by atoms with E-state index in [0.29, 0.717) is 13.0 Å². The highest BCUT2D eigenvalue weighted by Crippen LogP contribution is 2.10. The maximum Gasteiger partial charge on any atom is 0.164 e. The summed E-state index contributed by atoms with van der Waals surface area (Å²) in [7, 11) is 0. The number of carbonyl (C=O) groups is 1. The number of hydrogen-bond acceptors (Lipinski definition) is 2. The number of carbonyl (C=O) groups excluding carboxylic acids is 1. The Morgan fingerprint density at radius 1 is 1.38 bits per heavy atom. The highest BCUT2D eigenvalue weighted by atomic mass is 16.1. The van der Waals surface area contributed by atoms with Crippen LogP contribution in [0.3, 0.4) is 0 Å². The van der Waals surface area contributed by atoms with Gasteiger partial charge in [-0.2, -0.15) is 0 Å². The lowest BCUT2D eigenvalue weighted by Gasteiger charge is -2.04. The number of aryl methyl sites for hydroxylation is 2. The van der Waals surface area contributed by atoms with Crippen LogP contribution in [-0.2, 0) is 6.54 Å². The summed E-state index contributed by atoms with van der Waals surface area (Å²) in [4.78, 5) is 15.9. The van der Waals surface area contributed by atoms with E-state index in [0.717, 1.165) is 11.1 Å². The fraction of sp³-hybridized carbons (Fsp3) is 0.231. The molecule has 1 aromatic heterocycles. The van der Waals surface area contributed by atoms with E-state index in [9.17, 15) is 4.79 Å². The molecule has 3 heteroatoms. The molecule has 0 bridgehead atoms. The molecule has 0 radical (unpaired) electrons. The molecule has 0 N–H and O–H groups in total. The van der Waals surface area contributed by atoms with E-state index < -0.39 is 0 Å². The molecule has 2 rings (SSSR count). The second-order valence-corrected chi connectivity index (χ2v) is 3.79. The van der Waals surface area contributed by atoms with E-state index in [1.165, 1.54) is 0 Å². The van der Waals surface area contributed by atoms with Crippen molar-refractivity contribution < 1.29 is 4.79 Å². The van der Waals surface area contributed by atoms with E-state index in [-0.39, 0.29) is 5.78 Å². The number of benzene rings is 1. The molecule has 0 saturated heterocycles. The summed E-state index contributed by atoms with van der Waals surface area (Å²) in [6.45, 7) is 2.65. The Labute approximate surface area is 94.7 Å². The number of rotatable bonds is 4. The smallest absolute Gasteiger partial charge is 0.164 e. The van der Waals surface area contributed by atoms with Gasteiger partial charge in [0, 0.05) is 30.9 Å². The molecule has 0 fully saturated rings. The molecule has 0 unspecified atom stereocenters. The van der Waals surface area contributed by atoms with Crippen LogP contribution in [0.2, 0.25) is 0 Å². The van der Waals surface area contributed by atoms with Gasteiger partial charge >= 0.3 is 0 Å². The van der Waals surface area contributed by atoms with Crippen LogP contribution in [0.4, 0.5) is 0 Å². The van der Waals surface area contributed by atoms with Crippen molar-refractivity contribution in [3.8, 4) is 0 Å². The lowest BCUT2D eigenvalue weighted by atomic mass is 10.0. The molecular formula is C13H14N2O. The third kappa shape index (κ3) is 2.37. The molecule has 16 heavy (non-hydrogen) atoms. The minimum Gasteiger partial charge on any atom is -0.337 e. The minimum atomic E-state index is 0.187. The summed E-state index contributed by atoms with van der Waals surface area (Å²) in [6.07, 6.45) is 5.83. The van der Waals surface area contributed by atoms with Gasteiger partial charge in [0.2, 0.25) is 0 Å². The van der Waals surface area contributed by atoms with Gasteiger partial charge in [-0.15, -0.1) is 0 Å². The van der Waals surface area contributed by atoms with Crippen LogP contribution in [-0.4, -0.2) is 15.3 Å². The Kier molecular flexibility index (Phi) is 3.15. The first-order valence-electron chi connectivity index (χ1n) is 5.32. The van der Waals surface area contributed by atoms with Crippen molar-refractivity contribution in [2.45, 2.75) is 19.9 Å². The predicted octanol–water partition coefficient (Wildman–Crippen LogP) is 2.46. The van der Waals surface area contributed by atoms with Crippen LogP contribution in [0, 0.1) is 6.92 Å². The largest absolute Gasteiger partial charge is 0.337 e. The monoisotopic (exact) mass is 214 g/mol. The number of nitrogens with zero attached hydrogens (tertiary/aromatic N) is 2. The predicted molar refractivity (Wildman–Crippen MR) is 62.4 cm³/mol. The maximum absolute atomic E-state index is 11.9. The Morgan fingerprint density at radius 3 is 2.88 bits per heavy atom. The molecule has 0 atom stereocenters. The van der Waals surface area contributed by atoms with E-state index in [1.807, 2.05) is 42.0 Å². The van der Waals surface area contributed by atoms with E-state index >= 15 is 0 Å². The van der Waals surface area contributed by atoms with Crippen molar-refractivity contribution in [1.82, 2.24) is 9.55 Å². The number of hydrogen-bond donors (Lipinski definition) is 0. The summed E-state index contributed by atoms with van der Waals surface area (Å²) in [6, 6.07) is 7.69. The topological polar surface area (TPSA) is 34.9 Å². The molecule has 0 spiro atoms. The van der Waals surface area contributed by atoms with Crippen LogP contribution in [0.1, 0.15) is 22.3 Å². The van der Waals surface area contributed by atoms with E-state index in [1.54, 1.807) is 12.5 Å². The van der Waals surface area contributed by atoms with Crippen molar-refractivity contribution >= 4 is 5.78 Å². The Morgan fingerprint density at radius 2 is 2.19 bits per heavy atom. The molecule has 2 aromatic rings. The fourth-order valence-electron chi connectivity index (χ4n) is 1.67. The minimum absolute atomic E-state index is 0.187. The number of Topliss-reactive ketones (excluding diaryl/α,β-unsaturated/α-hetero) is 1. The zero-order valence-electron chi connectivity index (χ0n) is 9.26. The van der Waals surface area contributed by atoms with Gasteiger partial charge in [0.05, 0.1) is 6.33 Å². The third-order valence-electron chi connectivity index (χ3n) is 2.60. The van der Waals surface area contributed by atoms with Crippen molar-refractivity contribution in [2.75, 3.05) is 0 Å². The number of aromatic nitrogens is 2. The Bertz CT molecular complexity index is 474. The van der Waals surface area contributed by atoms with Gasteiger partial charge < -0.3 is 4.57 Å². The first kappa shape index (κ1) is 10.6. The standard InChI is InChI=1S/C13H14N2O/c1-11-4-2-3-5-12(11)13(16)6-8-15-9-7-14-10-15/h2-5,7,9-10H,6,8H2,1H3. The highest BCUT2D eigenvalue weighted by molar-refractivity contribution is 5.97. The van der Waals surface area contributed by atoms with Gasteiger partial charge in [0.25, 0.3) is 0 Å². The number of ketones is 1. The van der Waals surface area contributed by atoms with Gasteiger partial charge in [-0.05, 0) is 12.5 Å². The summed E-state index contributed by atoms with van der Waals surface area (Å²) in [5.74, 6) is 0.187. The van der Waals surface area contributed by atoms with Crippen LogP contribution in [0.15, 0.2) is 43.0 Å². The van der Waals surface area contributed by atoms with Crippen molar-refractivity contribution in [3.05, 3.63) is 54.1 Å². The van der Waals surface area contributed by atoms with E-state index in [2.05, 4.69) is 4.98 Å². The van der Waals surface area contributed by atoms with Crippen LogP contribution >= 0.6 is 0 Å². The van der Waals surface area contributed by atoms with Gasteiger partial charge in [0.1, 0.15) is 0 Å². The lowest BCUT2D eigenvalue weighted by Crippen LogP contribution is -2.06. The molecular weight excluding hydrogens is 200 g/mol. The Hall–Kier alpha value is -1.90. The van der Waals surface area contributed by atoms with Crippen LogP contribution in [0.25, 0.3) is 0 Å². The van der Waals surface area contributed by atoms with Crippen molar-refractivity contribution in [2.24, 2.45) is 0 Å². The third-order valence-corrected chi connectivity index (χ3v) is 2.60. The van der Waals surface area contributed by atoms with Crippen LogP contribution in [0.5, 0.6) is 0 Å². The number of imidazole rings is 1. The van der Waals surface area contributed by atoms with Gasteiger partial charge in [-0.1, -0.05) is 24.3 Å². The Balaban J connectivity index is 2.01. The normalized spacial score (nSPS) is 10.3. The summed E-state index contributed by atoms with van der Waals surface area (Å²) in [5, 5.41) is 0. The SMILES string of the molecule is Cc1ccccc1C(=O)CCn1ccnc1. The molecule has 82 valence electrons. The fourth-order valence-corrected chi connectivity index (χ4v) is 1.67.